The molecule has 168 valence electrons. The SMILES string of the molecule is CC(=O)Nc1ccc(S(=O)(=O)Nc2ccc(N3C(=O)c4ccc(Cl)cc4C3=O)c(C)c2)cc1. The topological polar surface area (TPSA) is 113 Å². The summed E-state index contributed by atoms with van der Waals surface area (Å²) in [6.45, 7) is 3.03. The Hall–Kier alpha value is -3.69. The minimum Gasteiger partial charge on any atom is -0.326 e. The molecule has 0 aliphatic carbocycles. The van der Waals surface area contributed by atoms with Gasteiger partial charge in [-0.2, -0.15) is 0 Å². The van der Waals surface area contributed by atoms with Crippen LogP contribution in [0.5, 0.6) is 0 Å². The number of amides is 3. The molecule has 0 unspecified atom stereocenters. The highest BCUT2D eigenvalue weighted by Gasteiger charge is 2.37. The number of rotatable bonds is 5. The lowest BCUT2D eigenvalue weighted by molar-refractivity contribution is -0.114. The highest BCUT2D eigenvalue weighted by molar-refractivity contribution is 7.92. The Balaban J connectivity index is 1.58. The first-order valence-corrected chi connectivity index (χ1v) is 11.6. The van der Waals surface area contributed by atoms with Crippen molar-refractivity contribution in [2.45, 2.75) is 18.7 Å². The molecule has 0 aromatic heterocycles. The number of carbonyl (C=O) groups excluding carboxylic acids is 3. The Morgan fingerprint density at radius 2 is 1.52 bits per heavy atom. The number of hydrogen-bond acceptors (Lipinski definition) is 5. The molecule has 0 saturated carbocycles. The minimum atomic E-state index is -3.90. The van der Waals surface area contributed by atoms with Crippen LogP contribution in [0.1, 0.15) is 33.2 Å². The fraction of sp³-hybridized carbons (Fsp3) is 0.0870. The van der Waals surface area contributed by atoms with Gasteiger partial charge in [-0.05, 0) is 73.2 Å². The van der Waals surface area contributed by atoms with Crippen molar-refractivity contribution in [3.8, 4) is 0 Å². The number of nitrogens with zero attached hydrogens (tertiary/aromatic N) is 1. The zero-order valence-corrected chi connectivity index (χ0v) is 19.1. The summed E-state index contributed by atoms with van der Waals surface area (Å²) < 4.78 is 28.0. The third-order valence-electron chi connectivity index (χ3n) is 5.02. The Bertz CT molecular complexity index is 1420. The van der Waals surface area contributed by atoms with Gasteiger partial charge in [-0.15, -0.1) is 0 Å². The van der Waals surface area contributed by atoms with Crippen LogP contribution in [-0.4, -0.2) is 26.1 Å². The van der Waals surface area contributed by atoms with Gasteiger partial charge in [0.25, 0.3) is 21.8 Å². The van der Waals surface area contributed by atoms with Crippen molar-refractivity contribution in [1.29, 1.82) is 0 Å². The lowest BCUT2D eigenvalue weighted by Crippen LogP contribution is -2.30. The van der Waals surface area contributed by atoms with Gasteiger partial charge in [0.2, 0.25) is 5.91 Å². The molecule has 0 atom stereocenters. The molecule has 0 saturated heterocycles. The van der Waals surface area contributed by atoms with Gasteiger partial charge in [0.15, 0.2) is 0 Å². The maximum absolute atomic E-state index is 12.8. The third-order valence-corrected chi connectivity index (χ3v) is 6.66. The van der Waals surface area contributed by atoms with Gasteiger partial charge >= 0.3 is 0 Å². The number of hydrogen-bond donors (Lipinski definition) is 2. The second-order valence-corrected chi connectivity index (χ2v) is 9.57. The minimum absolute atomic E-state index is 0.00978. The summed E-state index contributed by atoms with van der Waals surface area (Å²) in [5.74, 6) is -1.23. The molecule has 3 aromatic rings. The monoisotopic (exact) mass is 483 g/mol. The van der Waals surface area contributed by atoms with E-state index >= 15 is 0 Å². The molecule has 1 heterocycles. The van der Waals surface area contributed by atoms with E-state index in [0.29, 0.717) is 22.0 Å². The van der Waals surface area contributed by atoms with Crippen molar-refractivity contribution in [1.82, 2.24) is 0 Å². The van der Waals surface area contributed by atoms with E-state index in [1.165, 1.54) is 61.5 Å². The number of anilines is 3. The normalized spacial score (nSPS) is 13.1. The number of halogens is 1. The summed E-state index contributed by atoms with van der Waals surface area (Å²) in [4.78, 5) is 37.8. The van der Waals surface area contributed by atoms with Gasteiger partial charge in [-0.1, -0.05) is 11.6 Å². The van der Waals surface area contributed by atoms with Crippen molar-refractivity contribution >= 4 is 56.4 Å². The quantitative estimate of drug-likeness (QED) is 0.528. The second-order valence-electron chi connectivity index (χ2n) is 7.45. The highest BCUT2D eigenvalue weighted by Crippen LogP contribution is 2.33. The van der Waals surface area contributed by atoms with Crippen LogP contribution in [0.4, 0.5) is 17.1 Å². The molecule has 33 heavy (non-hydrogen) atoms. The van der Waals surface area contributed by atoms with E-state index < -0.39 is 21.8 Å². The van der Waals surface area contributed by atoms with Gasteiger partial charge in [0.1, 0.15) is 0 Å². The Morgan fingerprint density at radius 1 is 0.879 bits per heavy atom. The average molecular weight is 484 g/mol. The van der Waals surface area contributed by atoms with Gasteiger partial charge in [0.05, 0.1) is 21.7 Å². The molecule has 8 nitrogen and oxygen atoms in total. The summed E-state index contributed by atoms with van der Waals surface area (Å²) in [6, 6.07) is 14.7. The van der Waals surface area contributed by atoms with E-state index in [-0.39, 0.29) is 27.6 Å². The fourth-order valence-corrected chi connectivity index (χ4v) is 4.76. The smallest absolute Gasteiger partial charge is 0.266 e. The van der Waals surface area contributed by atoms with Crippen molar-refractivity contribution in [3.63, 3.8) is 0 Å². The lowest BCUT2D eigenvalue weighted by Gasteiger charge is -2.18. The molecular formula is C23H18ClN3O5S. The van der Waals surface area contributed by atoms with Crippen LogP contribution in [0.2, 0.25) is 5.02 Å². The van der Waals surface area contributed by atoms with Crippen LogP contribution < -0.4 is 14.9 Å². The van der Waals surface area contributed by atoms with Crippen LogP contribution in [0.3, 0.4) is 0 Å². The first-order chi connectivity index (χ1) is 15.6. The number of aryl methyl sites for hydroxylation is 1. The van der Waals surface area contributed by atoms with E-state index in [2.05, 4.69) is 10.0 Å². The zero-order valence-electron chi connectivity index (χ0n) is 17.5. The predicted octanol–water partition coefficient (Wildman–Crippen LogP) is 4.21. The van der Waals surface area contributed by atoms with Gasteiger partial charge in [-0.3, -0.25) is 19.1 Å². The van der Waals surface area contributed by atoms with E-state index in [0.717, 1.165) is 4.90 Å². The summed E-state index contributed by atoms with van der Waals surface area (Å²) in [5, 5.41) is 2.92. The van der Waals surface area contributed by atoms with Crippen molar-refractivity contribution in [2.24, 2.45) is 0 Å². The van der Waals surface area contributed by atoms with E-state index in [4.69, 9.17) is 11.6 Å². The molecule has 0 spiro atoms. The van der Waals surface area contributed by atoms with Gasteiger partial charge in [0, 0.05) is 23.3 Å². The first-order valence-electron chi connectivity index (χ1n) is 9.76. The average Bonchev–Trinajstić information content (AvgIpc) is 2.98. The molecule has 10 heteroatoms. The molecule has 2 N–H and O–H groups in total. The van der Waals surface area contributed by atoms with Crippen LogP contribution in [0.25, 0.3) is 0 Å². The van der Waals surface area contributed by atoms with E-state index in [1.54, 1.807) is 13.0 Å². The van der Waals surface area contributed by atoms with E-state index in [9.17, 15) is 22.8 Å². The molecule has 0 bridgehead atoms. The molecule has 3 amide bonds. The number of carbonyl (C=O) groups is 3. The number of nitrogens with one attached hydrogen (secondary N) is 2. The molecule has 0 radical (unpaired) electrons. The fourth-order valence-electron chi connectivity index (χ4n) is 3.54. The number of sulfonamides is 1. The molecule has 0 fully saturated rings. The van der Waals surface area contributed by atoms with Crippen LogP contribution in [0.15, 0.2) is 65.6 Å². The Kier molecular flexibility index (Phi) is 5.69. The van der Waals surface area contributed by atoms with Crippen LogP contribution in [0, 0.1) is 6.92 Å². The molecule has 3 aromatic carbocycles. The van der Waals surface area contributed by atoms with Crippen LogP contribution >= 0.6 is 11.6 Å². The molecule has 1 aliphatic heterocycles. The largest absolute Gasteiger partial charge is 0.326 e. The van der Waals surface area contributed by atoms with Crippen molar-refractivity contribution in [2.75, 3.05) is 14.9 Å². The summed E-state index contributed by atoms with van der Waals surface area (Å²) in [5.41, 5.74) is 2.10. The second kappa shape index (κ2) is 8.34. The van der Waals surface area contributed by atoms with Gasteiger partial charge in [-0.25, -0.2) is 13.3 Å². The summed E-state index contributed by atoms with van der Waals surface area (Å²) >= 11 is 5.96. The maximum Gasteiger partial charge on any atom is 0.266 e. The predicted molar refractivity (Wildman–Crippen MR) is 125 cm³/mol. The van der Waals surface area contributed by atoms with Gasteiger partial charge < -0.3 is 5.32 Å². The first kappa shape index (κ1) is 22.5. The molecule has 4 rings (SSSR count). The van der Waals surface area contributed by atoms with E-state index in [1.807, 2.05) is 0 Å². The third kappa shape index (κ3) is 4.33. The van der Waals surface area contributed by atoms with Crippen LogP contribution in [-0.2, 0) is 14.8 Å². The van der Waals surface area contributed by atoms with Crippen molar-refractivity contribution < 1.29 is 22.8 Å². The summed E-state index contributed by atoms with van der Waals surface area (Å²) in [6.07, 6.45) is 0. The number of benzene rings is 3. The molecule has 1 aliphatic rings. The Morgan fingerprint density at radius 3 is 2.15 bits per heavy atom. The summed E-state index contributed by atoms with van der Waals surface area (Å²) in [7, 11) is -3.90. The molecular weight excluding hydrogens is 466 g/mol. The maximum atomic E-state index is 12.8. The lowest BCUT2D eigenvalue weighted by atomic mass is 10.1. The standard InChI is InChI=1S/C23H18ClN3O5S/c1-13-11-17(26-33(31,32)18-7-4-16(5-8-18)25-14(2)28)6-10-21(13)27-22(29)19-9-3-15(24)12-20(19)23(27)30/h3-12,26H,1-2H3,(H,25,28). The number of fused-ring (bicyclic) bond motifs is 1. The zero-order chi connectivity index (χ0) is 23.9. The Labute approximate surface area is 195 Å². The number of imide groups is 1. The highest BCUT2D eigenvalue weighted by atomic mass is 35.5. The van der Waals surface area contributed by atoms with Crippen molar-refractivity contribution in [3.05, 3.63) is 82.4 Å².